The van der Waals surface area contributed by atoms with E-state index in [1.807, 2.05) is 24.8 Å². The summed E-state index contributed by atoms with van der Waals surface area (Å²) in [4.78, 5) is 6.35. The average molecular weight is 247 g/mol. The molecule has 1 aromatic rings. The number of nitrogens with zero attached hydrogens (tertiary/aromatic N) is 3. The van der Waals surface area contributed by atoms with Crippen molar-refractivity contribution >= 4 is 5.69 Å². The van der Waals surface area contributed by atoms with Gasteiger partial charge in [0.15, 0.2) is 0 Å². The van der Waals surface area contributed by atoms with E-state index in [4.69, 9.17) is 4.74 Å². The van der Waals surface area contributed by atoms with Crippen molar-refractivity contribution in [2.24, 2.45) is 0 Å². The number of aliphatic hydroxyl groups excluding tert-OH is 1. The number of hydrogen-bond donors (Lipinski definition) is 1. The van der Waals surface area contributed by atoms with Crippen LogP contribution in [0, 0.1) is 25.2 Å². The molecule has 0 radical (unpaired) electrons. The summed E-state index contributed by atoms with van der Waals surface area (Å²) in [5.41, 5.74) is 3.05. The maximum Gasteiger partial charge on any atom is 0.103 e. The second-order valence-corrected chi connectivity index (χ2v) is 4.46. The molecule has 0 saturated carbocycles. The van der Waals surface area contributed by atoms with E-state index in [0.717, 1.165) is 17.1 Å². The van der Waals surface area contributed by atoms with Crippen molar-refractivity contribution in [3.05, 3.63) is 23.0 Å². The Morgan fingerprint density at radius 1 is 1.61 bits per heavy atom. The molecule has 1 saturated heterocycles. The van der Waals surface area contributed by atoms with Crippen LogP contribution in [0.3, 0.4) is 0 Å². The van der Waals surface area contributed by atoms with Gasteiger partial charge in [-0.1, -0.05) is 0 Å². The van der Waals surface area contributed by atoms with Crippen LogP contribution in [0.1, 0.15) is 17.0 Å². The Kier molecular flexibility index (Phi) is 3.80. The lowest BCUT2D eigenvalue weighted by Crippen LogP contribution is -2.48. The normalized spacial score (nSPS) is 19.7. The highest BCUT2D eigenvalue weighted by Gasteiger charge is 2.25. The largest absolute Gasteiger partial charge is 0.394 e. The fourth-order valence-electron chi connectivity index (χ4n) is 2.30. The Balaban J connectivity index is 2.45. The summed E-state index contributed by atoms with van der Waals surface area (Å²) in [6.45, 7) is 5.55. The Bertz CT molecular complexity index is 482. The monoisotopic (exact) mass is 247 g/mol. The van der Waals surface area contributed by atoms with Gasteiger partial charge in [-0.2, -0.15) is 5.26 Å². The van der Waals surface area contributed by atoms with Crippen molar-refractivity contribution < 1.29 is 9.84 Å². The topological polar surface area (TPSA) is 69.4 Å². The van der Waals surface area contributed by atoms with Gasteiger partial charge in [0.1, 0.15) is 6.07 Å². The molecule has 2 heterocycles. The lowest BCUT2D eigenvalue weighted by Gasteiger charge is -2.37. The van der Waals surface area contributed by atoms with Gasteiger partial charge >= 0.3 is 0 Å². The number of morpholine rings is 1. The zero-order chi connectivity index (χ0) is 13.1. The van der Waals surface area contributed by atoms with Crippen LogP contribution >= 0.6 is 0 Å². The van der Waals surface area contributed by atoms with Crippen LogP contribution in [0.4, 0.5) is 5.69 Å². The number of nitriles is 1. The second-order valence-electron chi connectivity index (χ2n) is 4.46. The SMILES string of the molecule is Cc1cc(N2CCOCC2CO)c(C#N)c(C)n1. The first kappa shape index (κ1) is 12.8. The molecule has 0 spiro atoms. The summed E-state index contributed by atoms with van der Waals surface area (Å²) in [7, 11) is 0. The Morgan fingerprint density at radius 2 is 2.39 bits per heavy atom. The number of anilines is 1. The summed E-state index contributed by atoms with van der Waals surface area (Å²) >= 11 is 0. The molecule has 5 nitrogen and oxygen atoms in total. The van der Waals surface area contributed by atoms with Crippen molar-refractivity contribution in [2.45, 2.75) is 19.9 Å². The lowest BCUT2D eigenvalue weighted by molar-refractivity contribution is 0.0726. The van der Waals surface area contributed by atoms with Crippen LogP contribution in [0.5, 0.6) is 0 Å². The molecule has 5 heteroatoms. The molecule has 1 unspecified atom stereocenters. The maximum atomic E-state index is 9.40. The minimum atomic E-state index is -0.0907. The Labute approximate surface area is 107 Å². The zero-order valence-corrected chi connectivity index (χ0v) is 10.7. The fraction of sp³-hybridized carbons (Fsp3) is 0.538. The third kappa shape index (κ3) is 2.30. The van der Waals surface area contributed by atoms with Gasteiger partial charge in [0, 0.05) is 12.2 Å². The van der Waals surface area contributed by atoms with Crippen molar-refractivity contribution in [3.8, 4) is 6.07 Å². The number of aliphatic hydroxyl groups is 1. The van der Waals surface area contributed by atoms with Gasteiger partial charge in [-0.25, -0.2) is 0 Å². The third-order valence-electron chi connectivity index (χ3n) is 3.17. The molecule has 1 aromatic heterocycles. The van der Waals surface area contributed by atoms with Gasteiger partial charge in [-0.15, -0.1) is 0 Å². The standard InChI is InChI=1S/C13H17N3O2/c1-9-5-13(12(6-14)10(2)15-9)16-3-4-18-8-11(16)7-17/h5,11,17H,3-4,7-8H2,1-2H3. The summed E-state index contributed by atoms with van der Waals surface area (Å²) in [6, 6.07) is 4.02. The molecule has 1 fully saturated rings. The van der Waals surface area contributed by atoms with Crippen LogP contribution in [0.2, 0.25) is 0 Å². The first-order valence-corrected chi connectivity index (χ1v) is 6.01. The molecule has 0 aliphatic carbocycles. The molecular formula is C13H17N3O2. The quantitative estimate of drug-likeness (QED) is 0.836. The van der Waals surface area contributed by atoms with Gasteiger partial charge < -0.3 is 14.7 Å². The first-order valence-electron chi connectivity index (χ1n) is 6.01. The molecule has 1 atom stereocenters. The van der Waals surface area contributed by atoms with Crippen molar-refractivity contribution in [3.63, 3.8) is 0 Å². The van der Waals surface area contributed by atoms with E-state index < -0.39 is 0 Å². The van der Waals surface area contributed by atoms with Crippen molar-refractivity contribution in [1.29, 1.82) is 5.26 Å². The average Bonchev–Trinajstić information content (AvgIpc) is 2.38. The van der Waals surface area contributed by atoms with Crippen LogP contribution in [0.15, 0.2) is 6.07 Å². The molecule has 0 amide bonds. The highest BCUT2D eigenvalue weighted by molar-refractivity contribution is 5.62. The highest BCUT2D eigenvalue weighted by Crippen LogP contribution is 2.26. The van der Waals surface area contributed by atoms with Gasteiger partial charge in [-0.05, 0) is 19.9 Å². The predicted molar refractivity (Wildman–Crippen MR) is 67.5 cm³/mol. The molecule has 1 aliphatic heterocycles. The number of aromatic nitrogens is 1. The first-order chi connectivity index (χ1) is 8.67. The van der Waals surface area contributed by atoms with Gasteiger partial charge in [-0.3, -0.25) is 4.98 Å². The van der Waals surface area contributed by atoms with Gasteiger partial charge in [0.2, 0.25) is 0 Å². The van der Waals surface area contributed by atoms with Gasteiger partial charge in [0.25, 0.3) is 0 Å². The van der Waals surface area contributed by atoms with E-state index in [1.165, 1.54) is 0 Å². The van der Waals surface area contributed by atoms with E-state index in [-0.39, 0.29) is 12.6 Å². The van der Waals surface area contributed by atoms with Crippen molar-refractivity contribution in [2.75, 3.05) is 31.3 Å². The number of aryl methyl sites for hydroxylation is 2. The summed E-state index contributed by atoms with van der Waals surface area (Å²) in [5, 5.41) is 18.7. The number of hydrogen-bond acceptors (Lipinski definition) is 5. The van der Waals surface area contributed by atoms with Crippen LogP contribution in [-0.2, 0) is 4.74 Å². The number of ether oxygens (including phenoxy) is 1. The Morgan fingerprint density at radius 3 is 3.06 bits per heavy atom. The van der Waals surface area contributed by atoms with Crippen LogP contribution in [0.25, 0.3) is 0 Å². The third-order valence-corrected chi connectivity index (χ3v) is 3.17. The lowest BCUT2D eigenvalue weighted by atomic mass is 10.1. The molecular weight excluding hydrogens is 230 g/mol. The van der Waals surface area contributed by atoms with E-state index in [1.54, 1.807) is 0 Å². The Hall–Kier alpha value is -1.64. The van der Waals surface area contributed by atoms with Gasteiger partial charge in [0.05, 0.1) is 42.8 Å². The molecule has 96 valence electrons. The minimum Gasteiger partial charge on any atom is -0.394 e. The van der Waals surface area contributed by atoms with E-state index >= 15 is 0 Å². The van der Waals surface area contributed by atoms with Crippen LogP contribution in [-0.4, -0.2) is 42.5 Å². The highest BCUT2D eigenvalue weighted by atomic mass is 16.5. The molecule has 2 rings (SSSR count). The second kappa shape index (κ2) is 5.34. The summed E-state index contributed by atoms with van der Waals surface area (Å²) in [6.07, 6.45) is 0. The van der Waals surface area contributed by atoms with E-state index in [2.05, 4.69) is 11.1 Å². The smallest absolute Gasteiger partial charge is 0.103 e. The fourth-order valence-corrected chi connectivity index (χ4v) is 2.30. The predicted octanol–water partition coefficient (Wildman–Crippen LogP) is 0.768. The maximum absolute atomic E-state index is 9.40. The number of pyridine rings is 1. The molecule has 0 bridgehead atoms. The number of rotatable bonds is 2. The molecule has 0 aromatic carbocycles. The summed E-state index contributed by atoms with van der Waals surface area (Å²) < 4.78 is 5.36. The molecule has 18 heavy (non-hydrogen) atoms. The minimum absolute atomic E-state index is 0.0191. The molecule has 1 N–H and O–H groups in total. The summed E-state index contributed by atoms with van der Waals surface area (Å²) in [5.74, 6) is 0. The van der Waals surface area contributed by atoms with Crippen LogP contribution < -0.4 is 4.90 Å². The van der Waals surface area contributed by atoms with E-state index in [9.17, 15) is 10.4 Å². The van der Waals surface area contributed by atoms with Crippen molar-refractivity contribution in [1.82, 2.24) is 4.98 Å². The zero-order valence-electron chi connectivity index (χ0n) is 10.7. The van der Waals surface area contributed by atoms with E-state index in [0.29, 0.717) is 25.3 Å². The molecule has 1 aliphatic rings.